The van der Waals surface area contributed by atoms with Crippen LogP contribution in [0.25, 0.3) is 0 Å². The van der Waals surface area contributed by atoms with Crippen molar-refractivity contribution in [1.82, 2.24) is 0 Å². The molecule has 0 aromatic carbocycles. The lowest BCUT2D eigenvalue weighted by Crippen LogP contribution is -2.44. The van der Waals surface area contributed by atoms with Crippen LogP contribution in [-0.2, 0) is 13.3 Å². The third kappa shape index (κ3) is 12.8. The first-order chi connectivity index (χ1) is 7.29. The largest absolute Gasteiger partial charge is 0.413 e. The van der Waals surface area contributed by atoms with E-state index in [2.05, 4.69) is 58.9 Å². The van der Waals surface area contributed by atoms with Gasteiger partial charge in [-0.15, -0.1) is 0 Å². The Morgan fingerprint density at radius 3 is 1.24 bits per heavy atom. The van der Waals surface area contributed by atoms with E-state index in [1.807, 2.05) is 0 Å². The maximum Gasteiger partial charge on any atom is 0.187 e. The second-order valence-corrected chi connectivity index (χ2v) is 20.7. The van der Waals surface area contributed by atoms with Gasteiger partial charge >= 0.3 is 0 Å². The van der Waals surface area contributed by atoms with Gasteiger partial charge in [0.05, 0.1) is 6.61 Å². The molecule has 0 unspecified atom stereocenters. The molecule has 0 aromatic heterocycles. The molecule has 0 aliphatic heterocycles. The van der Waals surface area contributed by atoms with E-state index in [-0.39, 0.29) is 6.29 Å². The van der Waals surface area contributed by atoms with E-state index in [1.165, 1.54) is 0 Å². The molecule has 0 aromatic rings. The van der Waals surface area contributed by atoms with Crippen molar-refractivity contribution in [2.24, 2.45) is 0 Å². The highest BCUT2D eigenvalue weighted by Crippen LogP contribution is 2.16. The highest BCUT2D eigenvalue weighted by Gasteiger charge is 2.28. The van der Waals surface area contributed by atoms with Crippen LogP contribution >= 0.6 is 0 Å². The van der Waals surface area contributed by atoms with E-state index in [0.717, 1.165) is 0 Å². The quantitative estimate of drug-likeness (QED) is 0.527. The summed E-state index contributed by atoms with van der Waals surface area (Å²) in [5.41, 5.74) is 0. The van der Waals surface area contributed by atoms with Gasteiger partial charge < -0.3 is 13.3 Å². The zero-order chi connectivity index (χ0) is 13.9. The molecule has 0 amide bonds. The molecule has 6 heteroatoms. The Hall–Kier alpha value is 0.531. The Morgan fingerprint density at radius 2 is 1.00 bits per heavy atom. The lowest BCUT2D eigenvalue weighted by molar-refractivity contribution is -0.0415. The van der Waals surface area contributed by atoms with Gasteiger partial charge in [0.15, 0.2) is 31.2 Å². The summed E-state index contributed by atoms with van der Waals surface area (Å²) in [6, 6.07) is 0. The fraction of sp³-hybridized carbons (Fsp3) is 1.00. The molecule has 104 valence electrons. The zero-order valence-corrected chi connectivity index (χ0v) is 16.0. The van der Waals surface area contributed by atoms with E-state index in [9.17, 15) is 0 Å². The van der Waals surface area contributed by atoms with Crippen LogP contribution in [0.15, 0.2) is 0 Å². The first-order valence-electron chi connectivity index (χ1n) is 6.28. The zero-order valence-electron chi connectivity index (χ0n) is 13.0. The van der Waals surface area contributed by atoms with Crippen molar-refractivity contribution in [2.45, 2.75) is 65.2 Å². The van der Waals surface area contributed by atoms with Crippen LogP contribution in [0.1, 0.15) is 0 Å². The van der Waals surface area contributed by atoms with Crippen LogP contribution < -0.4 is 0 Å². The van der Waals surface area contributed by atoms with Crippen molar-refractivity contribution in [1.29, 1.82) is 0 Å². The van der Waals surface area contributed by atoms with Crippen molar-refractivity contribution in [3.63, 3.8) is 0 Å². The van der Waals surface area contributed by atoms with Crippen LogP contribution in [0, 0.1) is 0 Å². The van der Waals surface area contributed by atoms with Crippen molar-refractivity contribution in [2.75, 3.05) is 6.61 Å². The van der Waals surface area contributed by atoms with Gasteiger partial charge in [0.1, 0.15) is 0 Å². The average Bonchev–Trinajstić information content (AvgIpc) is 1.92. The van der Waals surface area contributed by atoms with Crippen molar-refractivity contribution in [3.8, 4) is 0 Å². The van der Waals surface area contributed by atoms with Crippen molar-refractivity contribution < 1.29 is 13.3 Å². The minimum absolute atomic E-state index is 0.181. The van der Waals surface area contributed by atoms with Crippen LogP contribution in [0.2, 0.25) is 58.9 Å². The minimum atomic E-state index is -1.58. The first-order valence-corrected chi connectivity index (χ1v) is 16.5. The van der Waals surface area contributed by atoms with Crippen LogP contribution in [0.5, 0.6) is 0 Å². The molecule has 0 rings (SSSR count). The summed E-state index contributed by atoms with van der Waals surface area (Å²) in [6.45, 7) is 20.2. The van der Waals surface area contributed by atoms with Crippen molar-refractivity contribution >= 4 is 25.0 Å². The Labute approximate surface area is 110 Å². The van der Waals surface area contributed by atoms with E-state index < -0.39 is 25.0 Å². The van der Waals surface area contributed by atoms with E-state index in [0.29, 0.717) is 6.61 Å². The maximum absolute atomic E-state index is 6.06. The van der Waals surface area contributed by atoms with Gasteiger partial charge in [-0.1, -0.05) is 0 Å². The lowest BCUT2D eigenvalue weighted by atomic mass is 10.7. The standard InChI is InChI=1S/C11H30O3Si3/c1-15(2,3)12-10-11(13-16(4,5)6)14-17(7,8)9/h11H,10H2,1-9H3. The normalized spacial score (nSPS) is 14.5. The third-order valence-corrected chi connectivity index (χ3v) is 4.60. The summed E-state index contributed by atoms with van der Waals surface area (Å²) >= 11 is 0. The highest BCUT2D eigenvalue weighted by atomic mass is 28.4. The summed E-state index contributed by atoms with van der Waals surface area (Å²) in [5, 5.41) is 0. The summed E-state index contributed by atoms with van der Waals surface area (Å²) in [5.74, 6) is 0. The summed E-state index contributed by atoms with van der Waals surface area (Å²) < 4.78 is 18.0. The molecule has 0 heterocycles. The molecule has 0 saturated carbocycles. The smallest absolute Gasteiger partial charge is 0.187 e. The van der Waals surface area contributed by atoms with Crippen LogP contribution in [0.3, 0.4) is 0 Å². The summed E-state index contributed by atoms with van der Waals surface area (Å²) in [6.07, 6.45) is -0.181. The molecule has 0 saturated heterocycles. The fourth-order valence-corrected chi connectivity index (χ4v) is 3.74. The predicted molar refractivity (Wildman–Crippen MR) is 81.9 cm³/mol. The Balaban J connectivity index is 4.42. The molecule has 0 aliphatic carbocycles. The second-order valence-electron chi connectivity index (χ2n) is 7.31. The number of rotatable bonds is 7. The molecular weight excluding hydrogens is 264 g/mol. The molecule has 0 radical (unpaired) electrons. The molecule has 0 aliphatic rings. The Kier molecular flexibility index (Phi) is 6.31. The third-order valence-electron chi connectivity index (χ3n) is 1.62. The van der Waals surface area contributed by atoms with E-state index >= 15 is 0 Å². The molecule has 0 fully saturated rings. The molecule has 0 N–H and O–H groups in total. The number of hydrogen-bond donors (Lipinski definition) is 0. The van der Waals surface area contributed by atoms with Gasteiger partial charge in [0.25, 0.3) is 0 Å². The maximum atomic E-state index is 6.06. The molecular formula is C11H30O3Si3. The van der Waals surface area contributed by atoms with Crippen LogP contribution in [0.4, 0.5) is 0 Å². The topological polar surface area (TPSA) is 27.7 Å². The molecule has 3 nitrogen and oxygen atoms in total. The van der Waals surface area contributed by atoms with Gasteiger partial charge in [-0.2, -0.15) is 0 Å². The van der Waals surface area contributed by atoms with Crippen molar-refractivity contribution in [3.05, 3.63) is 0 Å². The highest BCUT2D eigenvalue weighted by molar-refractivity contribution is 6.71. The summed E-state index contributed by atoms with van der Waals surface area (Å²) in [4.78, 5) is 0. The molecule has 17 heavy (non-hydrogen) atoms. The Bertz CT molecular complexity index is 210. The van der Waals surface area contributed by atoms with Gasteiger partial charge in [0.2, 0.25) is 0 Å². The van der Waals surface area contributed by atoms with Gasteiger partial charge in [-0.3, -0.25) is 0 Å². The van der Waals surface area contributed by atoms with Gasteiger partial charge in [-0.25, -0.2) is 0 Å². The minimum Gasteiger partial charge on any atom is -0.413 e. The molecule has 0 bridgehead atoms. The van der Waals surface area contributed by atoms with Gasteiger partial charge in [0, 0.05) is 0 Å². The summed E-state index contributed by atoms with van der Waals surface area (Å²) in [7, 11) is -4.67. The molecule has 0 spiro atoms. The van der Waals surface area contributed by atoms with Crippen LogP contribution in [-0.4, -0.2) is 37.8 Å². The van der Waals surface area contributed by atoms with E-state index in [4.69, 9.17) is 13.3 Å². The fourth-order valence-electron chi connectivity index (χ4n) is 1.20. The van der Waals surface area contributed by atoms with Gasteiger partial charge in [-0.05, 0) is 58.9 Å². The Morgan fingerprint density at radius 1 is 0.647 bits per heavy atom. The molecule has 0 atom stereocenters. The average molecular weight is 295 g/mol. The predicted octanol–water partition coefficient (Wildman–Crippen LogP) is 3.87. The second kappa shape index (κ2) is 6.12. The lowest BCUT2D eigenvalue weighted by Gasteiger charge is -2.33. The van der Waals surface area contributed by atoms with E-state index in [1.54, 1.807) is 0 Å². The first kappa shape index (κ1) is 17.5. The number of hydrogen-bond acceptors (Lipinski definition) is 3. The SMILES string of the molecule is C[Si](C)(C)OCC(O[Si](C)(C)C)O[Si](C)(C)C. The monoisotopic (exact) mass is 294 g/mol.